The molecule has 78 valence electrons. The Morgan fingerprint density at radius 2 is 2.23 bits per heavy atom. The van der Waals surface area contributed by atoms with Gasteiger partial charge in [-0.1, -0.05) is 0 Å². The van der Waals surface area contributed by atoms with Gasteiger partial charge in [0.15, 0.2) is 0 Å². The summed E-state index contributed by atoms with van der Waals surface area (Å²) in [6, 6.07) is 0. The summed E-state index contributed by atoms with van der Waals surface area (Å²) in [7, 11) is 1.36. The number of hydrogen-bond acceptors (Lipinski definition) is 5. The van der Waals surface area contributed by atoms with Crippen LogP contribution in [0.3, 0.4) is 0 Å². The largest absolute Gasteiger partial charge is 0.759 e. The quantitative estimate of drug-likeness (QED) is 0.386. The Morgan fingerprint density at radius 1 is 1.69 bits per heavy atom. The van der Waals surface area contributed by atoms with Gasteiger partial charge in [-0.15, -0.1) is 0 Å². The molecule has 3 N–H and O–H groups in total. The Hall–Kier alpha value is -0.540. The number of carboxylic acid groups (broad SMARTS) is 1. The SMILES string of the molecule is CN(CC(=O)O)N(CCN)S(=O)[O-]. The van der Waals surface area contributed by atoms with Crippen molar-refractivity contribution in [1.29, 1.82) is 0 Å². The molecule has 0 aromatic carbocycles. The molecule has 0 aliphatic rings. The lowest BCUT2D eigenvalue weighted by atomic mass is 10.6. The zero-order valence-corrected chi connectivity index (χ0v) is 7.99. The van der Waals surface area contributed by atoms with Crippen LogP contribution in [0.5, 0.6) is 0 Å². The third kappa shape index (κ3) is 4.90. The topological polar surface area (TPSA) is 110 Å². The first-order valence-electron chi connectivity index (χ1n) is 3.49. The fourth-order valence-electron chi connectivity index (χ4n) is 0.744. The molecule has 0 saturated carbocycles. The molecular weight excluding hydrogens is 198 g/mol. The second kappa shape index (κ2) is 6.00. The number of hydrazine groups is 1. The first-order chi connectivity index (χ1) is 5.99. The van der Waals surface area contributed by atoms with E-state index in [1.165, 1.54) is 7.05 Å². The third-order valence-electron chi connectivity index (χ3n) is 1.24. The Balaban J connectivity index is 4.18. The Kier molecular flexibility index (Phi) is 5.75. The molecule has 0 fully saturated rings. The highest BCUT2D eigenvalue weighted by atomic mass is 32.2. The average Bonchev–Trinajstić information content (AvgIpc) is 1.97. The lowest BCUT2D eigenvalue weighted by Gasteiger charge is -2.31. The van der Waals surface area contributed by atoms with Gasteiger partial charge in [0, 0.05) is 31.4 Å². The van der Waals surface area contributed by atoms with Gasteiger partial charge in [-0.3, -0.25) is 9.00 Å². The van der Waals surface area contributed by atoms with Gasteiger partial charge in [-0.2, -0.15) is 4.41 Å². The molecule has 0 bridgehead atoms. The summed E-state index contributed by atoms with van der Waals surface area (Å²) in [6.07, 6.45) is 0. The molecule has 0 heterocycles. The van der Waals surface area contributed by atoms with E-state index in [1.54, 1.807) is 0 Å². The van der Waals surface area contributed by atoms with Crippen molar-refractivity contribution in [3.8, 4) is 0 Å². The predicted octanol–water partition coefficient (Wildman–Crippen LogP) is -2.03. The second-order valence-corrected chi connectivity index (χ2v) is 3.15. The van der Waals surface area contributed by atoms with Crippen molar-refractivity contribution in [2.75, 3.05) is 26.7 Å². The normalized spacial score (nSPS) is 13.6. The van der Waals surface area contributed by atoms with Crippen LogP contribution in [-0.4, -0.2) is 55.9 Å². The van der Waals surface area contributed by atoms with Crippen molar-refractivity contribution in [3.63, 3.8) is 0 Å². The highest BCUT2D eigenvalue weighted by Gasteiger charge is 2.13. The number of carboxylic acids is 1. The summed E-state index contributed by atoms with van der Waals surface area (Å²) in [4.78, 5) is 10.2. The smallest absolute Gasteiger partial charge is 0.319 e. The Bertz CT molecular complexity index is 200. The maximum absolute atomic E-state index is 10.5. The second-order valence-electron chi connectivity index (χ2n) is 2.29. The van der Waals surface area contributed by atoms with Crippen LogP contribution >= 0.6 is 0 Å². The molecular formula is C5H12N3O4S-. The van der Waals surface area contributed by atoms with Crippen molar-refractivity contribution in [2.24, 2.45) is 5.73 Å². The van der Waals surface area contributed by atoms with Crippen molar-refractivity contribution < 1.29 is 18.7 Å². The number of carbonyl (C=O) groups is 1. The fraction of sp³-hybridized carbons (Fsp3) is 0.800. The van der Waals surface area contributed by atoms with Crippen LogP contribution in [0.15, 0.2) is 0 Å². The molecule has 0 aromatic rings. The van der Waals surface area contributed by atoms with Crippen molar-refractivity contribution in [3.05, 3.63) is 0 Å². The van der Waals surface area contributed by atoms with Gasteiger partial charge in [-0.05, 0) is 0 Å². The minimum atomic E-state index is -2.48. The number of nitrogens with two attached hydrogens (primary N) is 1. The number of aliphatic carboxylic acids is 1. The number of likely N-dealkylation sites (N-methyl/N-ethyl adjacent to an activating group) is 1. The van der Waals surface area contributed by atoms with E-state index < -0.39 is 17.2 Å². The molecule has 0 saturated heterocycles. The van der Waals surface area contributed by atoms with E-state index in [0.717, 1.165) is 9.42 Å². The molecule has 8 heteroatoms. The zero-order valence-electron chi connectivity index (χ0n) is 7.17. The van der Waals surface area contributed by atoms with E-state index in [9.17, 15) is 13.6 Å². The first-order valence-corrected chi connectivity index (χ1v) is 4.52. The highest BCUT2D eigenvalue weighted by molar-refractivity contribution is 7.76. The fourth-order valence-corrected chi connectivity index (χ4v) is 1.28. The monoisotopic (exact) mass is 210 g/mol. The van der Waals surface area contributed by atoms with Gasteiger partial charge in [-0.25, -0.2) is 5.01 Å². The summed E-state index contributed by atoms with van der Waals surface area (Å²) in [5.41, 5.74) is 5.15. The molecule has 7 nitrogen and oxygen atoms in total. The summed E-state index contributed by atoms with van der Waals surface area (Å²) in [5.74, 6) is -1.10. The molecule has 1 atom stereocenters. The molecule has 0 aromatic heterocycles. The number of hydrogen-bond donors (Lipinski definition) is 2. The first kappa shape index (κ1) is 12.5. The van der Waals surface area contributed by atoms with E-state index >= 15 is 0 Å². The van der Waals surface area contributed by atoms with Gasteiger partial charge >= 0.3 is 5.97 Å². The lowest BCUT2D eigenvalue weighted by Crippen LogP contribution is -2.45. The Morgan fingerprint density at radius 3 is 2.54 bits per heavy atom. The maximum atomic E-state index is 10.5. The molecule has 0 aliphatic carbocycles. The van der Waals surface area contributed by atoms with Crippen LogP contribution in [0, 0.1) is 0 Å². The van der Waals surface area contributed by atoms with Crippen LogP contribution in [0.1, 0.15) is 0 Å². The van der Waals surface area contributed by atoms with Gasteiger partial charge < -0.3 is 15.4 Å². The van der Waals surface area contributed by atoms with Gasteiger partial charge in [0.1, 0.15) is 6.54 Å². The van der Waals surface area contributed by atoms with Crippen molar-refractivity contribution >= 4 is 17.2 Å². The number of rotatable bonds is 6. The predicted molar refractivity (Wildman–Crippen MR) is 44.9 cm³/mol. The van der Waals surface area contributed by atoms with E-state index in [-0.39, 0.29) is 19.6 Å². The molecule has 0 aliphatic heterocycles. The molecule has 0 rings (SSSR count). The van der Waals surface area contributed by atoms with Crippen LogP contribution in [0.25, 0.3) is 0 Å². The zero-order chi connectivity index (χ0) is 10.4. The van der Waals surface area contributed by atoms with Crippen molar-refractivity contribution in [2.45, 2.75) is 0 Å². The van der Waals surface area contributed by atoms with Crippen LogP contribution in [0.4, 0.5) is 0 Å². The van der Waals surface area contributed by atoms with E-state index in [0.29, 0.717) is 0 Å². The summed E-state index contributed by atoms with van der Waals surface area (Å²) >= 11 is -2.48. The summed E-state index contributed by atoms with van der Waals surface area (Å²) in [5, 5.41) is 9.45. The van der Waals surface area contributed by atoms with Crippen molar-refractivity contribution in [1.82, 2.24) is 9.42 Å². The molecule has 0 radical (unpaired) electrons. The van der Waals surface area contributed by atoms with Gasteiger partial charge in [0.05, 0.1) is 0 Å². The average molecular weight is 210 g/mol. The lowest BCUT2D eigenvalue weighted by molar-refractivity contribution is -0.140. The van der Waals surface area contributed by atoms with E-state index in [2.05, 4.69) is 0 Å². The minimum absolute atomic E-state index is 0.0693. The molecule has 13 heavy (non-hydrogen) atoms. The molecule has 0 spiro atoms. The standard InChI is InChI=1S/C5H13N3O4S/c1-7(4-5(9)10)8(3-2-6)13(11)12/h2-4,6H2,1H3,(H,9,10)(H,11,12)/p-1. The minimum Gasteiger partial charge on any atom is -0.759 e. The van der Waals surface area contributed by atoms with Gasteiger partial charge in [0.2, 0.25) is 0 Å². The van der Waals surface area contributed by atoms with Crippen LogP contribution in [-0.2, 0) is 16.1 Å². The maximum Gasteiger partial charge on any atom is 0.319 e. The van der Waals surface area contributed by atoms with Crippen LogP contribution < -0.4 is 5.73 Å². The highest BCUT2D eigenvalue weighted by Crippen LogP contribution is 1.96. The number of nitrogens with zero attached hydrogens (tertiary/aromatic N) is 2. The summed E-state index contributed by atoms with van der Waals surface area (Å²) < 4.78 is 22.0. The summed E-state index contributed by atoms with van der Waals surface area (Å²) in [6.45, 7) is -0.175. The van der Waals surface area contributed by atoms with Crippen LogP contribution in [0.2, 0.25) is 0 Å². The molecule has 1 unspecified atom stereocenters. The van der Waals surface area contributed by atoms with Gasteiger partial charge in [0.25, 0.3) is 0 Å². The molecule has 0 amide bonds. The Labute approximate surface area is 78.5 Å². The van der Waals surface area contributed by atoms with E-state index in [4.69, 9.17) is 10.8 Å². The third-order valence-corrected chi connectivity index (χ3v) is 2.04. The van der Waals surface area contributed by atoms with E-state index in [1.807, 2.05) is 0 Å².